The molecule has 1 saturated heterocycles. The summed E-state index contributed by atoms with van der Waals surface area (Å²) in [5.74, 6) is 0. The highest BCUT2D eigenvalue weighted by atomic mass is 35.5. The Morgan fingerprint density at radius 2 is 2.09 bits per heavy atom. The van der Waals surface area contributed by atoms with E-state index in [1.807, 2.05) is 24.4 Å². The quantitative estimate of drug-likeness (QED) is 0.883. The molecule has 2 heterocycles. The van der Waals surface area contributed by atoms with Crippen LogP contribution in [-0.4, -0.2) is 42.7 Å². The van der Waals surface area contributed by atoms with Crippen LogP contribution < -0.4 is 5.32 Å². The third kappa shape index (κ3) is 4.75. The highest BCUT2D eigenvalue weighted by Crippen LogP contribution is 2.24. The van der Waals surface area contributed by atoms with Crippen molar-refractivity contribution in [2.45, 2.75) is 12.6 Å². The van der Waals surface area contributed by atoms with Crippen LogP contribution in [0.3, 0.4) is 0 Å². The van der Waals surface area contributed by atoms with E-state index in [1.165, 1.54) is 11.1 Å². The number of hydrogen-bond donors (Lipinski definition) is 1. The van der Waals surface area contributed by atoms with E-state index in [9.17, 15) is 0 Å². The summed E-state index contributed by atoms with van der Waals surface area (Å²) < 4.78 is 5.49. The largest absolute Gasteiger partial charge is 0.379 e. The van der Waals surface area contributed by atoms with E-state index in [0.717, 1.165) is 44.4 Å². The lowest BCUT2D eigenvalue weighted by Gasteiger charge is -2.35. The number of nitrogens with one attached hydrogen (secondary N) is 1. The number of rotatable bonds is 6. The molecular weight excluding hydrogens is 310 g/mol. The van der Waals surface area contributed by atoms with Gasteiger partial charge < -0.3 is 10.1 Å². The molecule has 0 aliphatic carbocycles. The maximum absolute atomic E-state index is 6.19. The van der Waals surface area contributed by atoms with E-state index < -0.39 is 0 Å². The van der Waals surface area contributed by atoms with Crippen LogP contribution in [0.4, 0.5) is 0 Å². The minimum absolute atomic E-state index is 0.300. The smallest absolute Gasteiger partial charge is 0.0594 e. The summed E-state index contributed by atoms with van der Waals surface area (Å²) in [6.07, 6.45) is 3.70. The molecule has 2 aromatic rings. The zero-order valence-electron chi connectivity index (χ0n) is 13.1. The van der Waals surface area contributed by atoms with E-state index in [-0.39, 0.29) is 0 Å². The molecule has 1 aliphatic rings. The second-order valence-electron chi connectivity index (χ2n) is 5.71. The summed E-state index contributed by atoms with van der Waals surface area (Å²) in [6.45, 7) is 5.17. The molecule has 1 aliphatic heterocycles. The fraction of sp³-hybridized carbons (Fsp3) is 0.389. The first-order chi connectivity index (χ1) is 11.3. The van der Waals surface area contributed by atoms with Crippen molar-refractivity contribution in [2.75, 3.05) is 32.8 Å². The van der Waals surface area contributed by atoms with Crippen molar-refractivity contribution in [1.82, 2.24) is 15.2 Å². The molecule has 0 spiro atoms. The first kappa shape index (κ1) is 16.4. The number of benzene rings is 1. The molecule has 1 fully saturated rings. The normalized spacial score (nSPS) is 17.1. The van der Waals surface area contributed by atoms with Gasteiger partial charge in [0, 0.05) is 49.6 Å². The van der Waals surface area contributed by atoms with Gasteiger partial charge in [-0.25, -0.2) is 0 Å². The number of ether oxygens (including phenoxy) is 1. The minimum atomic E-state index is 0.300. The average molecular weight is 332 g/mol. The lowest BCUT2D eigenvalue weighted by Crippen LogP contribution is -2.42. The molecule has 0 amide bonds. The number of morpholine rings is 1. The Labute approximate surface area is 142 Å². The molecule has 3 rings (SSSR count). The summed E-state index contributed by atoms with van der Waals surface area (Å²) in [4.78, 5) is 6.62. The Morgan fingerprint density at radius 1 is 1.22 bits per heavy atom. The van der Waals surface area contributed by atoms with Crippen molar-refractivity contribution < 1.29 is 4.74 Å². The van der Waals surface area contributed by atoms with Gasteiger partial charge in [-0.05, 0) is 29.3 Å². The van der Waals surface area contributed by atoms with Crippen molar-refractivity contribution in [2.24, 2.45) is 0 Å². The minimum Gasteiger partial charge on any atom is -0.379 e. The first-order valence-corrected chi connectivity index (χ1v) is 8.37. The third-order valence-corrected chi connectivity index (χ3v) is 4.34. The molecule has 1 aromatic carbocycles. The molecule has 0 bridgehead atoms. The van der Waals surface area contributed by atoms with Crippen molar-refractivity contribution in [3.63, 3.8) is 0 Å². The molecule has 0 saturated carbocycles. The third-order valence-electron chi connectivity index (χ3n) is 4.11. The summed E-state index contributed by atoms with van der Waals surface area (Å²) in [5, 5.41) is 4.34. The van der Waals surface area contributed by atoms with Gasteiger partial charge >= 0.3 is 0 Å². The maximum Gasteiger partial charge on any atom is 0.0594 e. The maximum atomic E-state index is 6.19. The van der Waals surface area contributed by atoms with Crippen LogP contribution in [0.25, 0.3) is 0 Å². The van der Waals surface area contributed by atoms with Crippen molar-refractivity contribution in [3.8, 4) is 0 Å². The number of nitrogens with zero attached hydrogens (tertiary/aromatic N) is 2. The van der Waals surface area contributed by atoms with Crippen LogP contribution in [0.1, 0.15) is 17.2 Å². The zero-order chi connectivity index (χ0) is 15.9. The number of aromatic nitrogens is 1. The molecule has 0 radical (unpaired) electrons. The Hall–Kier alpha value is -1.46. The Bertz CT molecular complexity index is 602. The Morgan fingerprint density at radius 3 is 2.83 bits per heavy atom. The highest BCUT2D eigenvalue weighted by molar-refractivity contribution is 6.30. The van der Waals surface area contributed by atoms with E-state index in [1.54, 1.807) is 6.20 Å². The second kappa shape index (κ2) is 8.41. The van der Waals surface area contributed by atoms with Gasteiger partial charge in [-0.3, -0.25) is 9.88 Å². The molecule has 1 aromatic heterocycles. The molecular formula is C18H22ClN3O. The zero-order valence-corrected chi connectivity index (χ0v) is 13.9. The molecule has 23 heavy (non-hydrogen) atoms. The highest BCUT2D eigenvalue weighted by Gasteiger charge is 2.22. The summed E-state index contributed by atoms with van der Waals surface area (Å²) in [7, 11) is 0. The average Bonchev–Trinajstić information content (AvgIpc) is 2.60. The lowest BCUT2D eigenvalue weighted by molar-refractivity contribution is 0.0161. The molecule has 122 valence electrons. The van der Waals surface area contributed by atoms with Gasteiger partial charge in [-0.2, -0.15) is 0 Å². The topological polar surface area (TPSA) is 37.4 Å². The number of pyridine rings is 1. The van der Waals surface area contributed by atoms with E-state index in [4.69, 9.17) is 16.3 Å². The van der Waals surface area contributed by atoms with Crippen molar-refractivity contribution >= 4 is 11.6 Å². The van der Waals surface area contributed by atoms with Gasteiger partial charge in [0.05, 0.1) is 13.2 Å². The van der Waals surface area contributed by atoms with E-state index >= 15 is 0 Å². The van der Waals surface area contributed by atoms with E-state index in [2.05, 4.69) is 33.4 Å². The Balaban J connectivity index is 1.67. The van der Waals surface area contributed by atoms with Crippen LogP contribution in [0.15, 0.2) is 48.8 Å². The number of hydrogen-bond acceptors (Lipinski definition) is 4. The first-order valence-electron chi connectivity index (χ1n) is 8.00. The van der Waals surface area contributed by atoms with Crippen LogP contribution in [-0.2, 0) is 11.3 Å². The van der Waals surface area contributed by atoms with Crippen LogP contribution >= 0.6 is 11.6 Å². The van der Waals surface area contributed by atoms with Crippen molar-refractivity contribution in [3.05, 3.63) is 64.9 Å². The lowest BCUT2D eigenvalue weighted by atomic mass is 10.0. The summed E-state index contributed by atoms with van der Waals surface area (Å²) >= 11 is 6.19. The van der Waals surface area contributed by atoms with Crippen LogP contribution in [0.5, 0.6) is 0 Å². The van der Waals surface area contributed by atoms with Crippen LogP contribution in [0, 0.1) is 0 Å². The van der Waals surface area contributed by atoms with Gasteiger partial charge in [-0.1, -0.05) is 29.8 Å². The monoisotopic (exact) mass is 331 g/mol. The molecule has 5 heteroatoms. The summed E-state index contributed by atoms with van der Waals surface area (Å²) in [6, 6.07) is 12.5. The second-order valence-corrected chi connectivity index (χ2v) is 6.15. The predicted octanol–water partition coefficient (Wildman–Crippen LogP) is 2.90. The SMILES string of the molecule is Clc1cccc(C(CNCc2cccnc2)N2CCOCC2)c1. The fourth-order valence-electron chi connectivity index (χ4n) is 2.92. The predicted molar refractivity (Wildman–Crippen MR) is 92.5 cm³/mol. The molecule has 1 N–H and O–H groups in total. The summed E-state index contributed by atoms with van der Waals surface area (Å²) in [5.41, 5.74) is 2.44. The van der Waals surface area contributed by atoms with Gasteiger partial charge in [0.15, 0.2) is 0 Å². The molecule has 1 unspecified atom stereocenters. The standard InChI is InChI=1S/C18H22ClN3O/c19-17-5-1-4-16(11-17)18(22-7-9-23-10-8-22)14-21-13-15-3-2-6-20-12-15/h1-6,11-12,18,21H,7-10,13-14H2. The Kier molecular flexibility index (Phi) is 6.00. The molecule has 4 nitrogen and oxygen atoms in total. The molecule has 1 atom stereocenters. The van der Waals surface area contributed by atoms with Gasteiger partial charge in [0.25, 0.3) is 0 Å². The van der Waals surface area contributed by atoms with Crippen LogP contribution in [0.2, 0.25) is 5.02 Å². The van der Waals surface area contributed by atoms with Gasteiger partial charge in [0.2, 0.25) is 0 Å². The van der Waals surface area contributed by atoms with Gasteiger partial charge in [0.1, 0.15) is 0 Å². The van der Waals surface area contributed by atoms with E-state index in [0.29, 0.717) is 6.04 Å². The number of halogens is 1. The van der Waals surface area contributed by atoms with Crippen molar-refractivity contribution in [1.29, 1.82) is 0 Å². The van der Waals surface area contributed by atoms with Gasteiger partial charge in [-0.15, -0.1) is 0 Å². The fourth-order valence-corrected chi connectivity index (χ4v) is 3.12.